The van der Waals surface area contributed by atoms with Gasteiger partial charge in [-0.15, -0.1) is 11.8 Å². The topological polar surface area (TPSA) is 72.6 Å². The van der Waals surface area contributed by atoms with E-state index < -0.39 is 5.63 Å². The van der Waals surface area contributed by atoms with Crippen LogP contribution < -0.4 is 10.4 Å². The van der Waals surface area contributed by atoms with Gasteiger partial charge in [-0.05, 0) is 19.1 Å². The van der Waals surface area contributed by atoms with Crippen molar-refractivity contribution in [3.05, 3.63) is 52.8 Å². The Balaban J connectivity index is 1.45. The molecule has 1 aliphatic heterocycles. The second-order valence-corrected chi connectivity index (χ2v) is 6.28. The second-order valence-electron chi connectivity index (χ2n) is 5.23. The maximum absolute atomic E-state index is 12.1. The summed E-state index contributed by atoms with van der Waals surface area (Å²) in [5, 5.41) is 0. The number of ether oxygens (including phenoxy) is 1. The first-order valence-corrected chi connectivity index (χ1v) is 8.18. The number of amides is 1. The molecule has 1 aliphatic rings. The van der Waals surface area contributed by atoms with Crippen LogP contribution >= 0.6 is 11.8 Å². The van der Waals surface area contributed by atoms with Gasteiger partial charge in [0.15, 0.2) is 0 Å². The van der Waals surface area contributed by atoms with Crippen LogP contribution in [-0.4, -0.2) is 40.7 Å². The van der Waals surface area contributed by atoms with Crippen molar-refractivity contribution in [3.8, 4) is 5.75 Å². The summed E-state index contributed by atoms with van der Waals surface area (Å²) in [6, 6.07) is 6.74. The van der Waals surface area contributed by atoms with Gasteiger partial charge in [-0.1, -0.05) is 0 Å². The summed E-state index contributed by atoms with van der Waals surface area (Å²) < 4.78 is 10.6. The van der Waals surface area contributed by atoms with Crippen LogP contribution in [0.4, 0.5) is 0 Å². The smallest absolute Gasteiger partial charge is 0.339 e. The Labute approximate surface area is 137 Å². The summed E-state index contributed by atoms with van der Waals surface area (Å²) in [4.78, 5) is 30.1. The van der Waals surface area contributed by atoms with E-state index in [4.69, 9.17) is 9.15 Å². The third-order valence-corrected chi connectivity index (χ3v) is 4.38. The van der Waals surface area contributed by atoms with Crippen molar-refractivity contribution in [3.63, 3.8) is 0 Å². The lowest BCUT2D eigenvalue weighted by Gasteiger charge is -2.38. The molecule has 0 radical (unpaired) electrons. The lowest BCUT2D eigenvalue weighted by Crippen LogP contribution is -2.56. The highest BCUT2D eigenvalue weighted by Crippen LogP contribution is 2.21. The number of carbonyl (C=O) groups excluding carboxylic acids is 1. The molecule has 7 heteroatoms. The van der Waals surface area contributed by atoms with Crippen LogP contribution in [-0.2, 0) is 4.79 Å². The van der Waals surface area contributed by atoms with Crippen LogP contribution in [0.1, 0.15) is 5.76 Å². The summed E-state index contributed by atoms with van der Waals surface area (Å²) in [6.07, 6.45) is 3.34. The van der Waals surface area contributed by atoms with Gasteiger partial charge in [0, 0.05) is 23.4 Å². The van der Waals surface area contributed by atoms with Crippen molar-refractivity contribution < 1.29 is 13.9 Å². The van der Waals surface area contributed by atoms with Crippen molar-refractivity contribution in [2.45, 2.75) is 17.9 Å². The van der Waals surface area contributed by atoms with Gasteiger partial charge in [0.05, 0.1) is 24.9 Å². The Morgan fingerprint density at radius 2 is 2.13 bits per heavy atom. The Morgan fingerprint density at radius 3 is 2.83 bits per heavy atom. The molecule has 2 aromatic rings. The molecule has 0 bridgehead atoms. The Morgan fingerprint density at radius 1 is 1.39 bits per heavy atom. The summed E-state index contributed by atoms with van der Waals surface area (Å²) in [6.45, 7) is 2.77. The summed E-state index contributed by atoms with van der Waals surface area (Å²) in [5.74, 6) is 1.47. The average molecular weight is 332 g/mol. The van der Waals surface area contributed by atoms with Crippen LogP contribution in [0, 0.1) is 6.92 Å². The van der Waals surface area contributed by atoms with Gasteiger partial charge in [-0.2, -0.15) is 0 Å². The molecular formula is C16H16N2O4S. The Kier molecular flexibility index (Phi) is 4.66. The average Bonchev–Trinajstić information content (AvgIpc) is 2.48. The largest absolute Gasteiger partial charge is 0.486 e. The molecule has 0 N–H and O–H groups in total. The number of hydrogen-bond donors (Lipinski definition) is 0. The zero-order chi connectivity index (χ0) is 16.2. The van der Waals surface area contributed by atoms with E-state index in [2.05, 4.69) is 4.98 Å². The lowest BCUT2D eigenvalue weighted by atomic mass is 10.1. The fourth-order valence-electron chi connectivity index (χ4n) is 2.22. The van der Waals surface area contributed by atoms with Crippen molar-refractivity contribution in [1.82, 2.24) is 9.88 Å². The van der Waals surface area contributed by atoms with Crippen LogP contribution in [0.15, 0.2) is 50.8 Å². The number of hydrogen-bond acceptors (Lipinski definition) is 6. The fraction of sp³-hybridized carbons (Fsp3) is 0.312. The number of rotatable bonds is 5. The van der Waals surface area contributed by atoms with Gasteiger partial charge in [0.25, 0.3) is 0 Å². The molecule has 0 aliphatic carbocycles. The predicted octanol–water partition coefficient (Wildman–Crippen LogP) is 1.73. The van der Waals surface area contributed by atoms with Crippen LogP contribution in [0.3, 0.4) is 0 Å². The molecule has 0 atom stereocenters. The summed E-state index contributed by atoms with van der Waals surface area (Å²) in [7, 11) is 0. The van der Waals surface area contributed by atoms with Gasteiger partial charge in [0.2, 0.25) is 5.91 Å². The van der Waals surface area contributed by atoms with Crippen LogP contribution in [0.5, 0.6) is 5.75 Å². The first-order valence-electron chi connectivity index (χ1n) is 7.19. The molecule has 6 nitrogen and oxygen atoms in total. The number of aryl methyl sites for hydroxylation is 1. The molecule has 0 saturated carbocycles. The maximum Gasteiger partial charge on any atom is 0.339 e. The van der Waals surface area contributed by atoms with E-state index in [-0.39, 0.29) is 12.0 Å². The third-order valence-electron chi connectivity index (χ3n) is 3.38. The van der Waals surface area contributed by atoms with Crippen LogP contribution in [0.2, 0.25) is 0 Å². The van der Waals surface area contributed by atoms with E-state index in [1.165, 1.54) is 17.8 Å². The number of nitrogens with zero attached hydrogens (tertiary/aromatic N) is 2. The molecule has 2 aromatic heterocycles. The molecular weight excluding hydrogens is 316 g/mol. The standard InChI is InChI=1S/C16H16N2O4S/c1-11-6-12(7-16(20)21-11)22-13-8-18(9-13)15(19)10-23-14-2-4-17-5-3-14/h2-7,13H,8-10H2,1H3. The minimum Gasteiger partial charge on any atom is -0.486 e. The third kappa shape index (κ3) is 4.13. The quantitative estimate of drug-likeness (QED) is 0.777. The highest BCUT2D eigenvalue weighted by molar-refractivity contribution is 8.00. The molecule has 23 heavy (non-hydrogen) atoms. The number of carbonyl (C=O) groups is 1. The van der Waals surface area contributed by atoms with E-state index in [9.17, 15) is 9.59 Å². The molecule has 0 unspecified atom stereocenters. The maximum atomic E-state index is 12.1. The fourth-order valence-corrected chi connectivity index (χ4v) is 3.01. The van der Waals surface area contributed by atoms with Gasteiger partial charge in [0.1, 0.15) is 17.6 Å². The number of aromatic nitrogens is 1. The number of pyridine rings is 1. The van der Waals surface area contributed by atoms with Crippen molar-refractivity contribution in [2.24, 2.45) is 0 Å². The molecule has 3 rings (SSSR count). The Bertz CT molecular complexity index is 741. The van der Waals surface area contributed by atoms with Gasteiger partial charge < -0.3 is 14.1 Å². The first kappa shape index (κ1) is 15.6. The summed E-state index contributed by atoms with van der Waals surface area (Å²) >= 11 is 1.49. The highest BCUT2D eigenvalue weighted by atomic mass is 32.2. The van der Waals surface area contributed by atoms with E-state index in [1.54, 1.807) is 30.3 Å². The van der Waals surface area contributed by atoms with Crippen molar-refractivity contribution in [2.75, 3.05) is 18.8 Å². The number of thioether (sulfide) groups is 1. The van der Waals surface area contributed by atoms with Crippen molar-refractivity contribution >= 4 is 17.7 Å². The van der Waals surface area contributed by atoms with Gasteiger partial charge >= 0.3 is 5.63 Å². The molecule has 1 fully saturated rings. The zero-order valence-electron chi connectivity index (χ0n) is 12.6. The van der Waals surface area contributed by atoms with E-state index in [0.29, 0.717) is 30.4 Å². The highest BCUT2D eigenvalue weighted by Gasteiger charge is 2.32. The SMILES string of the molecule is Cc1cc(OC2CN(C(=O)CSc3ccncc3)C2)cc(=O)o1. The second kappa shape index (κ2) is 6.87. The summed E-state index contributed by atoms with van der Waals surface area (Å²) in [5.41, 5.74) is -0.430. The Hall–Kier alpha value is -2.28. The molecule has 1 amide bonds. The minimum atomic E-state index is -0.430. The minimum absolute atomic E-state index is 0.0777. The molecule has 1 saturated heterocycles. The first-order chi connectivity index (χ1) is 11.1. The van der Waals surface area contributed by atoms with Crippen LogP contribution in [0.25, 0.3) is 0 Å². The predicted molar refractivity (Wildman–Crippen MR) is 85.7 cm³/mol. The van der Waals surface area contributed by atoms with E-state index >= 15 is 0 Å². The molecule has 120 valence electrons. The monoisotopic (exact) mass is 332 g/mol. The van der Waals surface area contributed by atoms with E-state index in [0.717, 1.165) is 4.90 Å². The van der Waals surface area contributed by atoms with Crippen molar-refractivity contribution in [1.29, 1.82) is 0 Å². The molecule has 0 aromatic carbocycles. The van der Waals surface area contributed by atoms with E-state index in [1.807, 2.05) is 12.1 Å². The normalized spacial score (nSPS) is 14.4. The molecule has 0 spiro atoms. The lowest BCUT2D eigenvalue weighted by molar-refractivity contribution is -0.137. The van der Waals surface area contributed by atoms with Gasteiger partial charge in [-0.25, -0.2) is 4.79 Å². The number of likely N-dealkylation sites (tertiary alicyclic amines) is 1. The molecule has 3 heterocycles. The zero-order valence-corrected chi connectivity index (χ0v) is 13.4. The van der Waals surface area contributed by atoms with Gasteiger partial charge in [-0.3, -0.25) is 9.78 Å².